The molecule has 1 saturated heterocycles. The molecular formula is C26H25F3N2O2S. The molecule has 0 bridgehead atoms. The summed E-state index contributed by atoms with van der Waals surface area (Å²) in [6.45, 7) is 0.683. The second-order valence-corrected chi connectivity index (χ2v) is 9.47. The van der Waals surface area contributed by atoms with E-state index < -0.39 is 28.9 Å². The maximum Gasteiger partial charge on any atom is 0.263 e. The van der Waals surface area contributed by atoms with Gasteiger partial charge in [-0.15, -0.1) is 11.3 Å². The van der Waals surface area contributed by atoms with Crippen LogP contribution in [0.1, 0.15) is 38.4 Å². The number of likely N-dealkylation sites (tertiary alicyclic amines) is 1. The zero-order valence-corrected chi connectivity index (χ0v) is 19.5. The largest absolute Gasteiger partial charge is 0.339 e. The minimum Gasteiger partial charge on any atom is -0.339 e. The summed E-state index contributed by atoms with van der Waals surface area (Å²) >= 11 is 1.40. The van der Waals surface area contributed by atoms with E-state index in [1.54, 1.807) is 11.0 Å². The summed E-state index contributed by atoms with van der Waals surface area (Å²) in [4.78, 5) is 29.8. The third kappa shape index (κ3) is 5.17. The molecule has 0 spiro atoms. The van der Waals surface area contributed by atoms with E-state index in [2.05, 4.69) is 0 Å². The van der Waals surface area contributed by atoms with Crippen LogP contribution < -0.4 is 0 Å². The van der Waals surface area contributed by atoms with E-state index in [1.165, 1.54) is 16.2 Å². The molecule has 178 valence electrons. The minimum atomic E-state index is -1.32. The average molecular weight is 487 g/mol. The smallest absolute Gasteiger partial charge is 0.263 e. The molecule has 0 aliphatic carbocycles. The molecule has 0 N–H and O–H groups in total. The molecular weight excluding hydrogens is 461 g/mol. The Balaban J connectivity index is 1.49. The summed E-state index contributed by atoms with van der Waals surface area (Å²) in [5.74, 6) is -4.23. The number of rotatable bonds is 6. The van der Waals surface area contributed by atoms with Gasteiger partial charge in [-0.05, 0) is 48.3 Å². The van der Waals surface area contributed by atoms with Crippen LogP contribution in [0.3, 0.4) is 0 Å². The van der Waals surface area contributed by atoms with Crippen molar-refractivity contribution in [2.75, 3.05) is 20.1 Å². The monoisotopic (exact) mass is 486 g/mol. The number of carbonyl (C=O) groups excluding carboxylic acids is 2. The van der Waals surface area contributed by atoms with Gasteiger partial charge in [-0.1, -0.05) is 36.4 Å². The third-order valence-electron chi connectivity index (χ3n) is 6.45. The topological polar surface area (TPSA) is 40.6 Å². The molecule has 2 aromatic carbocycles. The number of likely N-dealkylation sites (N-methyl/N-ethyl adjacent to an activating group) is 1. The lowest BCUT2D eigenvalue weighted by atomic mass is 9.84. The van der Waals surface area contributed by atoms with E-state index in [0.717, 1.165) is 5.56 Å². The Labute approximate surface area is 200 Å². The summed E-state index contributed by atoms with van der Waals surface area (Å²) in [5.41, 5.74) is 0.642. The molecule has 1 aliphatic rings. The molecule has 1 aliphatic heterocycles. The molecule has 1 aromatic heterocycles. The van der Waals surface area contributed by atoms with Gasteiger partial charge in [-0.2, -0.15) is 0 Å². The number of hydrogen-bond acceptors (Lipinski definition) is 3. The number of thiophene rings is 1. The first-order valence-electron chi connectivity index (χ1n) is 11.1. The lowest BCUT2D eigenvalue weighted by Gasteiger charge is -2.40. The summed E-state index contributed by atoms with van der Waals surface area (Å²) < 4.78 is 41.0. The summed E-state index contributed by atoms with van der Waals surface area (Å²) in [6.07, 6.45) is 1.89. The first-order chi connectivity index (χ1) is 16.3. The van der Waals surface area contributed by atoms with E-state index in [4.69, 9.17) is 0 Å². The summed E-state index contributed by atoms with van der Waals surface area (Å²) in [7, 11) is 1.81. The van der Waals surface area contributed by atoms with Gasteiger partial charge in [0.25, 0.3) is 11.8 Å². The van der Waals surface area contributed by atoms with Gasteiger partial charge < -0.3 is 9.80 Å². The van der Waals surface area contributed by atoms with Gasteiger partial charge in [0.15, 0.2) is 11.6 Å². The van der Waals surface area contributed by atoms with Gasteiger partial charge in [0, 0.05) is 32.2 Å². The van der Waals surface area contributed by atoms with E-state index in [0.29, 0.717) is 49.4 Å². The highest BCUT2D eigenvalue weighted by Gasteiger charge is 2.34. The molecule has 34 heavy (non-hydrogen) atoms. The highest BCUT2D eigenvalue weighted by molar-refractivity contribution is 7.12. The highest BCUT2D eigenvalue weighted by atomic mass is 32.1. The fourth-order valence-electron chi connectivity index (χ4n) is 4.54. The Morgan fingerprint density at radius 2 is 1.68 bits per heavy atom. The van der Waals surface area contributed by atoms with Crippen LogP contribution in [0.15, 0.2) is 60.0 Å². The number of piperidine rings is 1. The van der Waals surface area contributed by atoms with Crippen LogP contribution in [0.2, 0.25) is 0 Å². The van der Waals surface area contributed by atoms with Crippen LogP contribution in [0.5, 0.6) is 0 Å². The predicted octanol–water partition coefficient (Wildman–Crippen LogP) is 5.40. The van der Waals surface area contributed by atoms with Crippen molar-refractivity contribution in [3.05, 3.63) is 93.4 Å². The number of nitrogens with zero attached hydrogens (tertiary/aromatic N) is 2. The lowest BCUT2D eigenvalue weighted by Crippen LogP contribution is -2.48. The van der Waals surface area contributed by atoms with Crippen molar-refractivity contribution >= 4 is 23.2 Å². The van der Waals surface area contributed by atoms with E-state index in [1.807, 2.05) is 48.8 Å². The van der Waals surface area contributed by atoms with Crippen molar-refractivity contribution in [2.45, 2.75) is 25.3 Å². The predicted molar refractivity (Wildman–Crippen MR) is 125 cm³/mol. The second kappa shape index (κ2) is 10.4. The van der Waals surface area contributed by atoms with Gasteiger partial charge >= 0.3 is 0 Å². The van der Waals surface area contributed by atoms with Crippen molar-refractivity contribution in [3.8, 4) is 0 Å². The Bertz CT molecular complexity index is 1150. The Kier molecular flexibility index (Phi) is 7.36. The zero-order chi connectivity index (χ0) is 24.2. The van der Waals surface area contributed by atoms with Crippen LogP contribution >= 0.6 is 11.3 Å². The quantitative estimate of drug-likeness (QED) is 0.438. The van der Waals surface area contributed by atoms with E-state index in [-0.39, 0.29) is 17.9 Å². The van der Waals surface area contributed by atoms with Gasteiger partial charge in [-0.25, -0.2) is 13.2 Å². The zero-order valence-electron chi connectivity index (χ0n) is 18.7. The molecule has 0 radical (unpaired) electrons. The number of benzene rings is 2. The average Bonchev–Trinajstić information content (AvgIpc) is 3.39. The van der Waals surface area contributed by atoms with Crippen LogP contribution in [-0.4, -0.2) is 47.8 Å². The highest BCUT2D eigenvalue weighted by Crippen LogP contribution is 2.29. The molecule has 2 heterocycles. The fraction of sp³-hybridized carbons (Fsp3) is 0.308. The Morgan fingerprint density at radius 1 is 1.00 bits per heavy atom. The molecule has 1 atom stereocenters. The Hall–Kier alpha value is -3.13. The van der Waals surface area contributed by atoms with Gasteiger partial charge in [0.05, 0.1) is 10.4 Å². The van der Waals surface area contributed by atoms with Crippen molar-refractivity contribution in [1.82, 2.24) is 9.80 Å². The van der Waals surface area contributed by atoms with Crippen molar-refractivity contribution < 1.29 is 22.8 Å². The van der Waals surface area contributed by atoms with E-state index in [9.17, 15) is 22.8 Å². The SMILES string of the molecule is CN(C(=O)c1cccs1)[C@H](Cc1ccccc1)C1CCN(C(=O)c2cc(F)c(F)cc2F)CC1. The molecule has 0 saturated carbocycles. The molecule has 8 heteroatoms. The number of hydrogen-bond donors (Lipinski definition) is 0. The molecule has 2 amide bonds. The maximum absolute atomic E-state index is 14.1. The standard InChI is InChI=1S/C26H25F3N2O2S/c1-30(26(33)24-8-5-13-34-24)23(14-17-6-3-2-4-7-17)18-9-11-31(12-10-18)25(32)19-15-21(28)22(29)16-20(19)27/h2-8,13,15-16,18,23H,9-12,14H2,1H3/t23-/m1/s1. The van der Waals surface area contributed by atoms with Crippen molar-refractivity contribution in [3.63, 3.8) is 0 Å². The number of carbonyl (C=O) groups is 2. The van der Waals surface area contributed by atoms with Crippen LogP contribution in [0, 0.1) is 23.4 Å². The summed E-state index contributed by atoms with van der Waals surface area (Å²) in [6, 6.07) is 14.5. The second-order valence-electron chi connectivity index (χ2n) is 8.53. The van der Waals surface area contributed by atoms with Gasteiger partial charge in [0.1, 0.15) is 5.82 Å². The first kappa shape index (κ1) is 24.0. The van der Waals surface area contributed by atoms with Crippen molar-refractivity contribution in [2.24, 2.45) is 5.92 Å². The first-order valence-corrected chi connectivity index (χ1v) is 12.0. The summed E-state index contributed by atoms with van der Waals surface area (Å²) in [5, 5.41) is 1.87. The van der Waals surface area contributed by atoms with Crippen molar-refractivity contribution in [1.29, 1.82) is 0 Å². The molecule has 4 nitrogen and oxygen atoms in total. The van der Waals surface area contributed by atoms with Crippen LogP contribution in [0.25, 0.3) is 0 Å². The van der Waals surface area contributed by atoms with Crippen LogP contribution in [-0.2, 0) is 6.42 Å². The fourth-order valence-corrected chi connectivity index (χ4v) is 5.25. The Morgan fingerprint density at radius 3 is 2.32 bits per heavy atom. The third-order valence-corrected chi connectivity index (χ3v) is 7.31. The molecule has 1 fully saturated rings. The van der Waals surface area contributed by atoms with Gasteiger partial charge in [0.2, 0.25) is 0 Å². The minimum absolute atomic E-state index is 0.0432. The molecule has 3 aromatic rings. The number of halogens is 3. The normalized spacial score (nSPS) is 15.2. The number of amides is 2. The van der Waals surface area contributed by atoms with Crippen LogP contribution in [0.4, 0.5) is 13.2 Å². The maximum atomic E-state index is 14.1. The lowest BCUT2D eigenvalue weighted by molar-refractivity contribution is 0.0522. The molecule has 4 rings (SSSR count). The molecule has 0 unspecified atom stereocenters. The van der Waals surface area contributed by atoms with Gasteiger partial charge in [-0.3, -0.25) is 9.59 Å². The van der Waals surface area contributed by atoms with E-state index >= 15 is 0 Å².